The van der Waals surface area contributed by atoms with Gasteiger partial charge in [-0.2, -0.15) is 0 Å². The van der Waals surface area contributed by atoms with Gasteiger partial charge in [0.1, 0.15) is 5.82 Å². The fraction of sp³-hybridized carbons (Fsp3) is 0.278. The van der Waals surface area contributed by atoms with Crippen molar-refractivity contribution in [1.82, 2.24) is 9.88 Å². The van der Waals surface area contributed by atoms with E-state index < -0.39 is 0 Å². The van der Waals surface area contributed by atoms with Crippen LogP contribution in [0.5, 0.6) is 0 Å². The van der Waals surface area contributed by atoms with Crippen molar-refractivity contribution in [3.05, 3.63) is 59.8 Å². The van der Waals surface area contributed by atoms with Gasteiger partial charge in [-0.1, -0.05) is 36.4 Å². The van der Waals surface area contributed by atoms with E-state index in [1.807, 2.05) is 49.4 Å². The summed E-state index contributed by atoms with van der Waals surface area (Å²) in [5, 5.41) is 2.83. The topological polar surface area (TPSA) is 62.3 Å². The molecule has 1 aliphatic heterocycles. The summed E-state index contributed by atoms with van der Waals surface area (Å²) in [6.07, 6.45) is 1.90. The molecule has 23 heavy (non-hydrogen) atoms. The van der Waals surface area contributed by atoms with Crippen LogP contribution in [-0.4, -0.2) is 28.2 Å². The molecule has 1 unspecified atom stereocenters. The molecule has 0 bridgehead atoms. The molecule has 5 heteroatoms. The minimum absolute atomic E-state index is 0.0201. The fourth-order valence-corrected chi connectivity index (χ4v) is 2.74. The van der Waals surface area contributed by atoms with Crippen molar-refractivity contribution >= 4 is 17.6 Å². The van der Waals surface area contributed by atoms with Gasteiger partial charge in [-0.3, -0.25) is 9.59 Å². The molecule has 5 nitrogen and oxygen atoms in total. The van der Waals surface area contributed by atoms with Gasteiger partial charge in [0.05, 0.1) is 5.92 Å². The van der Waals surface area contributed by atoms with Crippen LogP contribution in [0.4, 0.5) is 5.82 Å². The predicted molar refractivity (Wildman–Crippen MR) is 87.6 cm³/mol. The Hall–Kier alpha value is -2.69. The molecular weight excluding hydrogens is 290 g/mol. The third-order valence-corrected chi connectivity index (χ3v) is 4.05. The third kappa shape index (κ3) is 3.56. The van der Waals surface area contributed by atoms with Crippen LogP contribution in [0.3, 0.4) is 0 Å². The summed E-state index contributed by atoms with van der Waals surface area (Å²) in [6, 6.07) is 13.5. The van der Waals surface area contributed by atoms with Crippen molar-refractivity contribution in [2.75, 3.05) is 11.9 Å². The van der Waals surface area contributed by atoms with Crippen LogP contribution in [0.1, 0.15) is 17.5 Å². The lowest BCUT2D eigenvalue weighted by Crippen LogP contribution is -2.28. The first-order valence-corrected chi connectivity index (χ1v) is 7.67. The number of likely N-dealkylation sites (tertiary alicyclic amines) is 1. The van der Waals surface area contributed by atoms with Gasteiger partial charge in [-0.05, 0) is 24.1 Å². The van der Waals surface area contributed by atoms with E-state index in [0.29, 0.717) is 18.9 Å². The lowest BCUT2D eigenvalue weighted by Gasteiger charge is -2.16. The van der Waals surface area contributed by atoms with Gasteiger partial charge in [0.25, 0.3) is 0 Å². The van der Waals surface area contributed by atoms with Crippen LogP contribution >= 0.6 is 0 Å². The van der Waals surface area contributed by atoms with E-state index in [0.717, 1.165) is 11.1 Å². The van der Waals surface area contributed by atoms with Gasteiger partial charge < -0.3 is 10.2 Å². The van der Waals surface area contributed by atoms with E-state index >= 15 is 0 Å². The number of carbonyl (C=O) groups is 2. The molecule has 1 N–H and O–H groups in total. The zero-order valence-corrected chi connectivity index (χ0v) is 13.0. The first-order valence-electron chi connectivity index (χ1n) is 7.67. The highest BCUT2D eigenvalue weighted by atomic mass is 16.2. The molecule has 1 fully saturated rings. The maximum Gasteiger partial charge on any atom is 0.230 e. The van der Waals surface area contributed by atoms with Gasteiger partial charge in [0.2, 0.25) is 11.8 Å². The van der Waals surface area contributed by atoms with Gasteiger partial charge in [-0.25, -0.2) is 4.98 Å². The summed E-state index contributed by atoms with van der Waals surface area (Å²) in [6.45, 7) is 2.89. The highest BCUT2D eigenvalue weighted by molar-refractivity contribution is 5.97. The summed E-state index contributed by atoms with van der Waals surface area (Å²) in [4.78, 5) is 30.4. The van der Waals surface area contributed by atoms with Crippen molar-refractivity contribution in [3.8, 4) is 0 Å². The first-order chi connectivity index (χ1) is 11.1. The number of amides is 2. The number of aryl methyl sites for hydroxylation is 1. The van der Waals surface area contributed by atoms with Gasteiger partial charge in [-0.15, -0.1) is 0 Å². The zero-order chi connectivity index (χ0) is 16.2. The van der Waals surface area contributed by atoms with Crippen molar-refractivity contribution in [3.63, 3.8) is 0 Å². The Morgan fingerprint density at radius 2 is 2.04 bits per heavy atom. The van der Waals surface area contributed by atoms with E-state index in [1.54, 1.807) is 11.1 Å². The Balaban J connectivity index is 1.63. The molecular formula is C18H19N3O2. The molecule has 1 saturated heterocycles. The predicted octanol–water partition coefficient (Wildman–Crippen LogP) is 2.38. The number of pyridine rings is 1. The number of carbonyl (C=O) groups excluding carboxylic acids is 2. The molecule has 3 rings (SSSR count). The van der Waals surface area contributed by atoms with Crippen molar-refractivity contribution < 1.29 is 9.59 Å². The number of rotatable bonds is 4. The summed E-state index contributed by atoms with van der Waals surface area (Å²) in [7, 11) is 0. The van der Waals surface area contributed by atoms with Crippen molar-refractivity contribution in [2.24, 2.45) is 5.92 Å². The van der Waals surface area contributed by atoms with E-state index in [-0.39, 0.29) is 24.2 Å². The lowest BCUT2D eigenvalue weighted by molar-refractivity contribution is -0.128. The number of hydrogen-bond acceptors (Lipinski definition) is 3. The molecule has 0 spiro atoms. The molecule has 2 aromatic rings. The molecule has 2 heterocycles. The normalized spacial score (nSPS) is 17.3. The number of benzene rings is 1. The smallest absolute Gasteiger partial charge is 0.230 e. The van der Waals surface area contributed by atoms with Crippen LogP contribution in [0.2, 0.25) is 0 Å². The molecule has 2 amide bonds. The van der Waals surface area contributed by atoms with Gasteiger partial charge in [0, 0.05) is 25.7 Å². The minimum atomic E-state index is -0.326. The lowest BCUT2D eigenvalue weighted by atomic mass is 10.1. The van der Waals surface area contributed by atoms with Crippen LogP contribution < -0.4 is 5.32 Å². The molecule has 1 atom stereocenters. The summed E-state index contributed by atoms with van der Waals surface area (Å²) in [5.41, 5.74) is 1.98. The van der Waals surface area contributed by atoms with Crippen molar-refractivity contribution in [2.45, 2.75) is 19.9 Å². The van der Waals surface area contributed by atoms with E-state index in [4.69, 9.17) is 0 Å². The number of hydrogen-bond donors (Lipinski definition) is 1. The molecule has 0 saturated carbocycles. The number of nitrogens with zero attached hydrogens (tertiary/aromatic N) is 2. The first kappa shape index (κ1) is 15.2. The Kier molecular flexibility index (Phi) is 4.37. The molecule has 0 aliphatic carbocycles. The fourth-order valence-electron chi connectivity index (χ4n) is 2.74. The second-order valence-electron chi connectivity index (χ2n) is 5.82. The summed E-state index contributed by atoms with van der Waals surface area (Å²) in [5.74, 6) is 0.113. The second-order valence-corrected chi connectivity index (χ2v) is 5.82. The van der Waals surface area contributed by atoms with Crippen LogP contribution in [0.15, 0.2) is 48.7 Å². The average Bonchev–Trinajstić information content (AvgIpc) is 2.92. The molecule has 1 aromatic carbocycles. The summed E-state index contributed by atoms with van der Waals surface area (Å²) < 4.78 is 0. The number of anilines is 1. The zero-order valence-electron chi connectivity index (χ0n) is 13.0. The van der Waals surface area contributed by atoms with Gasteiger partial charge >= 0.3 is 0 Å². The average molecular weight is 309 g/mol. The van der Waals surface area contributed by atoms with Crippen molar-refractivity contribution in [1.29, 1.82) is 0 Å². The Morgan fingerprint density at radius 3 is 2.78 bits per heavy atom. The Bertz CT molecular complexity index is 715. The number of nitrogens with one attached hydrogen (secondary N) is 1. The third-order valence-electron chi connectivity index (χ3n) is 4.05. The molecule has 1 aromatic heterocycles. The summed E-state index contributed by atoms with van der Waals surface area (Å²) >= 11 is 0. The van der Waals surface area contributed by atoms with Crippen LogP contribution in [0.25, 0.3) is 0 Å². The second kappa shape index (κ2) is 6.60. The molecule has 1 aliphatic rings. The standard InChI is InChI=1S/C18H19N3O2/c1-13-6-5-9-19-17(13)20-18(23)15-10-16(22)21(12-15)11-14-7-3-2-4-8-14/h2-9,15H,10-12H2,1H3,(H,19,20,23). The van der Waals surface area contributed by atoms with Crippen LogP contribution in [-0.2, 0) is 16.1 Å². The van der Waals surface area contributed by atoms with Gasteiger partial charge in [0.15, 0.2) is 0 Å². The minimum Gasteiger partial charge on any atom is -0.338 e. The molecule has 118 valence electrons. The monoisotopic (exact) mass is 309 g/mol. The SMILES string of the molecule is Cc1cccnc1NC(=O)C1CC(=O)N(Cc2ccccc2)C1. The highest BCUT2D eigenvalue weighted by Gasteiger charge is 2.34. The maximum atomic E-state index is 12.4. The number of aromatic nitrogens is 1. The largest absolute Gasteiger partial charge is 0.338 e. The maximum absolute atomic E-state index is 12.4. The Morgan fingerprint density at radius 1 is 1.26 bits per heavy atom. The van der Waals surface area contributed by atoms with E-state index in [2.05, 4.69) is 10.3 Å². The highest BCUT2D eigenvalue weighted by Crippen LogP contribution is 2.22. The van der Waals surface area contributed by atoms with E-state index in [9.17, 15) is 9.59 Å². The Labute approximate surface area is 135 Å². The quantitative estimate of drug-likeness (QED) is 0.943. The van der Waals surface area contributed by atoms with Crippen LogP contribution in [0, 0.1) is 12.8 Å². The van der Waals surface area contributed by atoms with E-state index in [1.165, 1.54) is 0 Å². The molecule has 0 radical (unpaired) electrons.